The lowest BCUT2D eigenvalue weighted by atomic mass is 10.1. The Kier molecular flexibility index (Phi) is 4.89. The average molecular weight is 308 g/mol. The number of nitrogens with one attached hydrogen (secondary N) is 1. The Hall–Kier alpha value is -1.69. The Labute approximate surface area is 126 Å². The van der Waals surface area contributed by atoms with Crippen LogP contribution >= 0.6 is 23.4 Å². The molecule has 0 aliphatic heterocycles. The minimum atomic E-state index is -0.300. The first kappa shape index (κ1) is 14.7. The van der Waals surface area contributed by atoms with Crippen LogP contribution in [-0.2, 0) is 5.75 Å². The molecule has 0 atom stereocenters. The average Bonchev–Trinajstić information content (AvgIpc) is 2.46. The highest BCUT2D eigenvalue weighted by Gasteiger charge is 2.04. The minimum absolute atomic E-state index is 0.300. The molecular weight excluding hydrogens is 294 g/mol. The topological polar surface area (TPSA) is 81.1 Å². The van der Waals surface area contributed by atoms with Gasteiger partial charge >= 0.3 is 0 Å². The SMILES string of the molecule is NNC(=O)c1ccc(CSc2ccc(Cl)cc2N)cc1. The van der Waals surface area contributed by atoms with Gasteiger partial charge in [0.1, 0.15) is 0 Å². The molecule has 0 saturated carbocycles. The molecule has 20 heavy (non-hydrogen) atoms. The van der Waals surface area contributed by atoms with E-state index in [1.807, 2.05) is 24.3 Å². The van der Waals surface area contributed by atoms with Crippen molar-refractivity contribution in [2.45, 2.75) is 10.6 Å². The standard InChI is InChI=1S/C14H14ClN3OS/c15-11-5-6-13(12(16)7-11)20-8-9-1-3-10(4-2-9)14(19)18-17/h1-7H,8,16-17H2,(H,18,19). The van der Waals surface area contributed by atoms with Gasteiger partial charge in [-0.3, -0.25) is 10.2 Å². The molecular formula is C14H14ClN3OS. The van der Waals surface area contributed by atoms with Crippen LogP contribution in [0.4, 0.5) is 5.69 Å². The van der Waals surface area contributed by atoms with E-state index in [-0.39, 0.29) is 5.91 Å². The highest BCUT2D eigenvalue weighted by molar-refractivity contribution is 7.98. The molecule has 2 rings (SSSR count). The maximum Gasteiger partial charge on any atom is 0.265 e. The number of benzene rings is 2. The zero-order chi connectivity index (χ0) is 14.5. The van der Waals surface area contributed by atoms with Crippen LogP contribution in [0.1, 0.15) is 15.9 Å². The summed E-state index contributed by atoms with van der Waals surface area (Å²) in [4.78, 5) is 12.3. The summed E-state index contributed by atoms with van der Waals surface area (Å²) in [7, 11) is 0. The molecule has 104 valence electrons. The van der Waals surface area contributed by atoms with Crippen LogP contribution in [0, 0.1) is 0 Å². The number of carbonyl (C=O) groups is 1. The second-order valence-corrected chi connectivity index (χ2v) is 5.59. The monoisotopic (exact) mass is 307 g/mol. The maximum atomic E-state index is 11.3. The van der Waals surface area contributed by atoms with Gasteiger partial charge in [0, 0.05) is 26.9 Å². The largest absolute Gasteiger partial charge is 0.398 e. The van der Waals surface area contributed by atoms with Crippen LogP contribution < -0.4 is 17.0 Å². The highest BCUT2D eigenvalue weighted by atomic mass is 35.5. The van der Waals surface area contributed by atoms with Gasteiger partial charge in [0.2, 0.25) is 0 Å². The van der Waals surface area contributed by atoms with Crippen LogP contribution in [0.2, 0.25) is 5.02 Å². The lowest BCUT2D eigenvalue weighted by Crippen LogP contribution is -2.29. The normalized spacial score (nSPS) is 10.3. The predicted octanol–water partition coefficient (Wildman–Crippen LogP) is 2.82. The van der Waals surface area contributed by atoms with Gasteiger partial charge in [0.05, 0.1) is 0 Å². The molecule has 0 saturated heterocycles. The van der Waals surface area contributed by atoms with Gasteiger partial charge in [-0.1, -0.05) is 23.7 Å². The van der Waals surface area contributed by atoms with Crippen molar-refractivity contribution >= 4 is 35.0 Å². The summed E-state index contributed by atoms with van der Waals surface area (Å²) in [6, 6.07) is 12.7. The summed E-state index contributed by atoms with van der Waals surface area (Å²) in [6.45, 7) is 0. The van der Waals surface area contributed by atoms with E-state index in [0.29, 0.717) is 16.3 Å². The third-order valence-corrected chi connectivity index (χ3v) is 4.11. The fourth-order valence-corrected chi connectivity index (χ4v) is 2.73. The van der Waals surface area contributed by atoms with E-state index in [1.165, 1.54) is 0 Å². The van der Waals surface area contributed by atoms with Crippen LogP contribution in [0.15, 0.2) is 47.4 Å². The molecule has 0 aromatic heterocycles. The van der Waals surface area contributed by atoms with Crippen molar-refractivity contribution in [2.75, 3.05) is 5.73 Å². The fraction of sp³-hybridized carbons (Fsp3) is 0.0714. The van der Waals surface area contributed by atoms with Gasteiger partial charge in [-0.05, 0) is 35.9 Å². The first-order valence-corrected chi connectivity index (χ1v) is 7.24. The third kappa shape index (κ3) is 3.66. The van der Waals surface area contributed by atoms with Gasteiger partial charge in [-0.25, -0.2) is 5.84 Å². The Balaban J connectivity index is 2.02. The van der Waals surface area contributed by atoms with E-state index < -0.39 is 0 Å². The second-order valence-electron chi connectivity index (χ2n) is 4.14. The van der Waals surface area contributed by atoms with E-state index >= 15 is 0 Å². The summed E-state index contributed by atoms with van der Waals surface area (Å²) in [6.07, 6.45) is 0. The summed E-state index contributed by atoms with van der Waals surface area (Å²) < 4.78 is 0. The first-order chi connectivity index (χ1) is 9.60. The van der Waals surface area contributed by atoms with E-state index in [9.17, 15) is 4.79 Å². The number of hydrazine groups is 1. The van der Waals surface area contributed by atoms with E-state index in [0.717, 1.165) is 16.2 Å². The lowest BCUT2D eigenvalue weighted by molar-refractivity contribution is 0.0953. The van der Waals surface area contributed by atoms with Crippen LogP contribution in [-0.4, -0.2) is 5.91 Å². The lowest BCUT2D eigenvalue weighted by Gasteiger charge is -2.06. The Morgan fingerprint density at radius 1 is 1.20 bits per heavy atom. The zero-order valence-corrected chi connectivity index (χ0v) is 12.2. The molecule has 0 heterocycles. The number of halogens is 1. The molecule has 0 spiro atoms. The summed E-state index contributed by atoms with van der Waals surface area (Å²) >= 11 is 7.48. The van der Waals surface area contributed by atoms with Gasteiger partial charge in [-0.2, -0.15) is 0 Å². The smallest absolute Gasteiger partial charge is 0.265 e. The van der Waals surface area contributed by atoms with E-state index in [1.54, 1.807) is 30.0 Å². The summed E-state index contributed by atoms with van der Waals surface area (Å²) in [5, 5.41) is 0.629. The van der Waals surface area contributed by atoms with Crippen molar-refractivity contribution in [2.24, 2.45) is 5.84 Å². The van der Waals surface area contributed by atoms with Gasteiger partial charge < -0.3 is 5.73 Å². The van der Waals surface area contributed by atoms with E-state index in [2.05, 4.69) is 5.43 Å². The molecule has 0 bridgehead atoms. The Bertz CT molecular complexity index is 616. The van der Waals surface area contributed by atoms with Crippen LogP contribution in [0.5, 0.6) is 0 Å². The Morgan fingerprint density at radius 3 is 2.50 bits per heavy atom. The molecule has 1 amide bonds. The molecule has 6 heteroatoms. The molecule has 2 aromatic rings. The third-order valence-electron chi connectivity index (χ3n) is 2.71. The number of anilines is 1. The van der Waals surface area contributed by atoms with Crippen LogP contribution in [0.3, 0.4) is 0 Å². The van der Waals surface area contributed by atoms with Crippen molar-refractivity contribution in [3.63, 3.8) is 0 Å². The molecule has 0 fully saturated rings. The van der Waals surface area contributed by atoms with Crippen LogP contribution in [0.25, 0.3) is 0 Å². The maximum absolute atomic E-state index is 11.3. The molecule has 0 aliphatic rings. The first-order valence-electron chi connectivity index (χ1n) is 5.88. The quantitative estimate of drug-likeness (QED) is 0.267. The van der Waals surface area contributed by atoms with Gasteiger partial charge in [-0.15, -0.1) is 11.8 Å². The molecule has 4 nitrogen and oxygen atoms in total. The molecule has 0 radical (unpaired) electrons. The van der Waals surface area contributed by atoms with Crippen molar-refractivity contribution < 1.29 is 4.79 Å². The predicted molar refractivity (Wildman–Crippen MR) is 83.5 cm³/mol. The number of rotatable bonds is 4. The second kappa shape index (κ2) is 6.65. The van der Waals surface area contributed by atoms with Crippen molar-refractivity contribution in [1.29, 1.82) is 0 Å². The highest BCUT2D eigenvalue weighted by Crippen LogP contribution is 2.30. The van der Waals surface area contributed by atoms with Gasteiger partial charge in [0.25, 0.3) is 5.91 Å². The number of hydrogen-bond donors (Lipinski definition) is 3. The summed E-state index contributed by atoms with van der Waals surface area (Å²) in [5.74, 6) is 5.54. The van der Waals surface area contributed by atoms with Crippen molar-refractivity contribution in [1.82, 2.24) is 5.43 Å². The number of nitrogens with two attached hydrogens (primary N) is 2. The van der Waals surface area contributed by atoms with Crippen molar-refractivity contribution in [3.05, 3.63) is 58.6 Å². The number of hydrogen-bond acceptors (Lipinski definition) is 4. The van der Waals surface area contributed by atoms with Crippen molar-refractivity contribution in [3.8, 4) is 0 Å². The van der Waals surface area contributed by atoms with E-state index in [4.69, 9.17) is 23.2 Å². The fourth-order valence-electron chi connectivity index (χ4n) is 1.65. The molecule has 0 aliphatic carbocycles. The zero-order valence-electron chi connectivity index (χ0n) is 10.6. The number of thioether (sulfide) groups is 1. The number of amides is 1. The number of nitrogen functional groups attached to an aromatic ring is 2. The molecule has 2 aromatic carbocycles. The minimum Gasteiger partial charge on any atom is -0.398 e. The van der Waals surface area contributed by atoms with Gasteiger partial charge in [0.15, 0.2) is 0 Å². The summed E-state index contributed by atoms with van der Waals surface area (Å²) in [5.41, 5.74) is 10.3. The number of carbonyl (C=O) groups excluding carboxylic acids is 1. The Morgan fingerprint density at radius 2 is 1.90 bits per heavy atom. The molecule has 5 N–H and O–H groups in total. The molecule has 0 unspecified atom stereocenters.